The van der Waals surface area contributed by atoms with Gasteiger partial charge in [0.1, 0.15) is 0 Å². The van der Waals surface area contributed by atoms with Gasteiger partial charge < -0.3 is 19.7 Å². The van der Waals surface area contributed by atoms with Gasteiger partial charge in [-0.25, -0.2) is 0 Å². The summed E-state index contributed by atoms with van der Waals surface area (Å²) >= 11 is 0. The van der Waals surface area contributed by atoms with Crippen LogP contribution in [0.25, 0.3) is 0 Å². The van der Waals surface area contributed by atoms with E-state index in [-0.39, 0.29) is 0 Å². The molecule has 3 rings (SSSR count). The van der Waals surface area contributed by atoms with E-state index in [1.165, 1.54) is 37.9 Å². The molecule has 140 valence electrons. The topological polar surface area (TPSA) is 37.0 Å². The minimum absolute atomic E-state index is 0.398. The number of hydrogen-bond donors (Lipinski definition) is 1. The molecule has 5 nitrogen and oxygen atoms in total. The molecule has 0 saturated carbocycles. The normalized spacial score (nSPS) is 24.0. The molecule has 1 aromatic carbocycles. The van der Waals surface area contributed by atoms with Crippen LogP contribution in [0.4, 0.5) is 0 Å². The van der Waals surface area contributed by atoms with Crippen molar-refractivity contribution >= 4 is 0 Å². The smallest absolute Gasteiger partial charge is 0.161 e. The zero-order valence-corrected chi connectivity index (χ0v) is 16.0. The van der Waals surface area contributed by atoms with Crippen LogP contribution in [0.1, 0.15) is 37.8 Å². The lowest BCUT2D eigenvalue weighted by atomic mass is 9.99. The van der Waals surface area contributed by atoms with Crippen molar-refractivity contribution < 1.29 is 9.47 Å². The SMILES string of the molecule is COc1ccc(C(CN2CCCCC2)N2CCNCC2C)cc1OC. The van der Waals surface area contributed by atoms with Gasteiger partial charge in [0, 0.05) is 38.3 Å². The van der Waals surface area contributed by atoms with Gasteiger partial charge in [0.25, 0.3) is 0 Å². The summed E-state index contributed by atoms with van der Waals surface area (Å²) in [5.41, 5.74) is 1.33. The second-order valence-corrected chi connectivity index (χ2v) is 7.28. The standard InChI is InChI=1S/C20H33N3O2/c1-16-14-21-9-12-23(16)18(15-22-10-5-4-6-11-22)17-7-8-19(24-2)20(13-17)25-3/h7-8,13,16,18,21H,4-6,9-12,14-15H2,1-3H3. The Balaban J connectivity index is 1.86. The number of nitrogens with zero attached hydrogens (tertiary/aromatic N) is 2. The van der Waals surface area contributed by atoms with Crippen LogP contribution in [0, 0.1) is 0 Å². The zero-order chi connectivity index (χ0) is 17.6. The highest BCUT2D eigenvalue weighted by Gasteiger charge is 2.29. The first-order valence-electron chi connectivity index (χ1n) is 9.63. The van der Waals surface area contributed by atoms with E-state index < -0.39 is 0 Å². The van der Waals surface area contributed by atoms with Gasteiger partial charge in [-0.05, 0) is 50.6 Å². The molecule has 0 amide bonds. The minimum atomic E-state index is 0.398. The van der Waals surface area contributed by atoms with Crippen molar-refractivity contribution in [2.24, 2.45) is 0 Å². The van der Waals surface area contributed by atoms with E-state index in [4.69, 9.17) is 9.47 Å². The third kappa shape index (κ3) is 4.46. The molecule has 2 atom stereocenters. The molecule has 1 N–H and O–H groups in total. The zero-order valence-electron chi connectivity index (χ0n) is 16.0. The van der Waals surface area contributed by atoms with Gasteiger partial charge in [0.2, 0.25) is 0 Å². The number of hydrogen-bond acceptors (Lipinski definition) is 5. The van der Waals surface area contributed by atoms with Gasteiger partial charge in [0.15, 0.2) is 11.5 Å². The Kier molecular flexibility index (Phi) is 6.57. The van der Waals surface area contributed by atoms with E-state index in [9.17, 15) is 0 Å². The predicted octanol–water partition coefficient (Wildman–Crippen LogP) is 2.52. The molecule has 2 aliphatic rings. The first-order chi connectivity index (χ1) is 12.2. The van der Waals surface area contributed by atoms with Crippen molar-refractivity contribution in [1.82, 2.24) is 15.1 Å². The number of piperidine rings is 1. The van der Waals surface area contributed by atoms with Crippen LogP contribution in [0.3, 0.4) is 0 Å². The van der Waals surface area contributed by atoms with Crippen molar-refractivity contribution in [3.05, 3.63) is 23.8 Å². The number of piperazine rings is 1. The number of rotatable bonds is 6. The highest BCUT2D eigenvalue weighted by Crippen LogP contribution is 2.33. The summed E-state index contributed by atoms with van der Waals surface area (Å²) in [4.78, 5) is 5.30. The summed E-state index contributed by atoms with van der Waals surface area (Å²) < 4.78 is 11.0. The largest absolute Gasteiger partial charge is 0.493 e. The average molecular weight is 348 g/mol. The molecule has 0 aromatic heterocycles. The maximum Gasteiger partial charge on any atom is 0.161 e. The van der Waals surface area contributed by atoms with Crippen molar-refractivity contribution in [3.63, 3.8) is 0 Å². The molecule has 0 radical (unpaired) electrons. The Morgan fingerprint density at radius 3 is 2.52 bits per heavy atom. The number of methoxy groups -OCH3 is 2. The van der Waals surface area contributed by atoms with E-state index in [1.54, 1.807) is 14.2 Å². The summed E-state index contributed by atoms with van der Waals surface area (Å²) in [6, 6.07) is 7.36. The number of likely N-dealkylation sites (tertiary alicyclic amines) is 1. The van der Waals surface area contributed by atoms with E-state index in [0.717, 1.165) is 37.7 Å². The van der Waals surface area contributed by atoms with Crippen LogP contribution < -0.4 is 14.8 Å². The monoisotopic (exact) mass is 347 g/mol. The van der Waals surface area contributed by atoms with E-state index in [2.05, 4.69) is 34.2 Å². The fraction of sp³-hybridized carbons (Fsp3) is 0.700. The van der Waals surface area contributed by atoms with Crippen molar-refractivity contribution in [2.75, 3.05) is 53.5 Å². The molecule has 2 fully saturated rings. The van der Waals surface area contributed by atoms with Gasteiger partial charge in [-0.3, -0.25) is 4.90 Å². The lowest BCUT2D eigenvalue weighted by Crippen LogP contribution is -2.53. The highest BCUT2D eigenvalue weighted by molar-refractivity contribution is 5.44. The summed E-state index contributed by atoms with van der Waals surface area (Å²) in [5.74, 6) is 1.63. The van der Waals surface area contributed by atoms with Crippen molar-refractivity contribution in [1.29, 1.82) is 0 Å². The molecular formula is C20H33N3O2. The first kappa shape index (κ1) is 18.5. The molecule has 2 saturated heterocycles. The molecule has 0 spiro atoms. The van der Waals surface area contributed by atoms with Crippen LogP contribution >= 0.6 is 0 Å². The van der Waals surface area contributed by atoms with E-state index in [1.807, 2.05) is 6.07 Å². The lowest BCUT2D eigenvalue weighted by Gasteiger charge is -2.42. The molecule has 2 aliphatic heterocycles. The molecule has 2 unspecified atom stereocenters. The van der Waals surface area contributed by atoms with Gasteiger partial charge in [-0.15, -0.1) is 0 Å². The van der Waals surface area contributed by atoms with Crippen LogP contribution in [0.2, 0.25) is 0 Å². The molecule has 25 heavy (non-hydrogen) atoms. The van der Waals surface area contributed by atoms with Crippen LogP contribution in [-0.4, -0.2) is 69.3 Å². The van der Waals surface area contributed by atoms with E-state index >= 15 is 0 Å². The fourth-order valence-corrected chi connectivity index (χ4v) is 4.17. The quantitative estimate of drug-likeness (QED) is 0.856. The Labute approximate surface area is 152 Å². The fourth-order valence-electron chi connectivity index (χ4n) is 4.17. The summed E-state index contributed by atoms with van der Waals surface area (Å²) in [6.45, 7) is 9.09. The minimum Gasteiger partial charge on any atom is -0.493 e. The van der Waals surface area contributed by atoms with E-state index in [0.29, 0.717) is 12.1 Å². The van der Waals surface area contributed by atoms with Crippen LogP contribution in [-0.2, 0) is 0 Å². The van der Waals surface area contributed by atoms with Crippen LogP contribution in [0.15, 0.2) is 18.2 Å². The third-order valence-corrected chi connectivity index (χ3v) is 5.63. The van der Waals surface area contributed by atoms with Gasteiger partial charge in [-0.1, -0.05) is 12.5 Å². The Morgan fingerprint density at radius 1 is 1.08 bits per heavy atom. The summed E-state index contributed by atoms with van der Waals surface area (Å²) in [5, 5.41) is 3.52. The Bertz CT molecular complexity index is 546. The molecular weight excluding hydrogens is 314 g/mol. The van der Waals surface area contributed by atoms with Crippen molar-refractivity contribution in [3.8, 4) is 11.5 Å². The lowest BCUT2D eigenvalue weighted by molar-refractivity contribution is 0.0778. The van der Waals surface area contributed by atoms with Gasteiger partial charge in [0.05, 0.1) is 14.2 Å². The first-order valence-corrected chi connectivity index (χ1v) is 9.63. The second kappa shape index (κ2) is 8.88. The van der Waals surface area contributed by atoms with Crippen LogP contribution in [0.5, 0.6) is 11.5 Å². The second-order valence-electron chi connectivity index (χ2n) is 7.28. The number of ether oxygens (including phenoxy) is 2. The number of nitrogens with one attached hydrogen (secondary N) is 1. The van der Waals surface area contributed by atoms with Gasteiger partial charge >= 0.3 is 0 Å². The molecule has 0 aliphatic carbocycles. The average Bonchev–Trinajstić information content (AvgIpc) is 2.67. The highest BCUT2D eigenvalue weighted by atomic mass is 16.5. The van der Waals surface area contributed by atoms with Gasteiger partial charge in [-0.2, -0.15) is 0 Å². The molecule has 2 heterocycles. The summed E-state index contributed by atoms with van der Waals surface area (Å²) in [7, 11) is 3.41. The third-order valence-electron chi connectivity index (χ3n) is 5.63. The molecule has 0 bridgehead atoms. The van der Waals surface area contributed by atoms with Crippen molar-refractivity contribution in [2.45, 2.75) is 38.3 Å². The maximum absolute atomic E-state index is 5.56. The Morgan fingerprint density at radius 2 is 1.84 bits per heavy atom. The number of benzene rings is 1. The predicted molar refractivity (Wildman–Crippen MR) is 102 cm³/mol. The Hall–Kier alpha value is -1.30. The maximum atomic E-state index is 5.56. The molecule has 1 aromatic rings. The summed E-state index contributed by atoms with van der Waals surface area (Å²) in [6.07, 6.45) is 4.03. The molecule has 5 heteroatoms.